The van der Waals surface area contributed by atoms with E-state index in [1.165, 1.54) is 18.2 Å². The van der Waals surface area contributed by atoms with Gasteiger partial charge >= 0.3 is 5.97 Å². The number of carbonyl (C=O) groups is 2. The van der Waals surface area contributed by atoms with Gasteiger partial charge in [0.15, 0.2) is 18.2 Å². The number of hydrogen-bond acceptors (Lipinski definition) is 3. The lowest BCUT2D eigenvalue weighted by Crippen LogP contribution is -2.44. The summed E-state index contributed by atoms with van der Waals surface area (Å²) in [6.45, 7) is 0.0306. The van der Waals surface area contributed by atoms with Gasteiger partial charge in [-0.05, 0) is 30.4 Å². The van der Waals surface area contributed by atoms with E-state index in [4.69, 9.17) is 9.84 Å². The molecule has 0 heterocycles. The third kappa shape index (κ3) is 4.18. The van der Waals surface area contributed by atoms with Crippen LogP contribution in [0.3, 0.4) is 0 Å². The van der Waals surface area contributed by atoms with E-state index in [0.717, 1.165) is 19.3 Å². The van der Waals surface area contributed by atoms with Crippen LogP contribution in [0.4, 0.5) is 4.39 Å². The number of carboxylic acid groups (broad SMARTS) is 1. The molecular weight excluding hydrogens is 277 g/mol. The maximum absolute atomic E-state index is 13.3. The number of rotatable bonds is 7. The zero-order chi connectivity index (χ0) is 15.3. The average Bonchev–Trinajstić information content (AvgIpc) is 2.40. The highest BCUT2D eigenvalue weighted by molar-refractivity contribution is 5.77. The largest absolute Gasteiger partial charge is 0.481 e. The number of aliphatic carboxylic acids is 1. The highest BCUT2D eigenvalue weighted by atomic mass is 19.1. The van der Waals surface area contributed by atoms with Crippen LogP contribution in [-0.4, -0.2) is 30.1 Å². The molecule has 0 saturated heterocycles. The Hall–Kier alpha value is -2.11. The van der Waals surface area contributed by atoms with E-state index in [9.17, 15) is 14.0 Å². The summed E-state index contributed by atoms with van der Waals surface area (Å²) in [5.41, 5.74) is -0.334. The van der Waals surface area contributed by atoms with Crippen LogP contribution in [0, 0.1) is 11.2 Å². The summed E-state index contributed by atoms with van der Waals surface area (Å²) in [7, 11) is 0. The Balaban J connectivity index is 1.77. The van der Waals surface area contributed by atoms with Gasteiger partial charge in [-0.15, -0.1) is 0 Å². The Morgan fingerprint density at radius 3 is 2.62 bits per heavy atom. The summed E-state index contributed by atoms with van der Waals surface area (Å²) in [5, 5.41) is 11.6. The van der Waals surface area contributed by atoms with Gasteiger partial charge in [-0.3, -0.25) is 9.59 Å². The molecule has 0 bridgehead atoms. The minimum Gasteiger partial charge on any atom is -0.481 e. The predicted molar refractivity (Wildman–Crippen MR) is 73.4 cm³/mol. The second-order valence-electron chi connectivity index (χ2n) is 5.42. The summed E-state index contributed by atoms with van der Waals surface area (Å²) in [6.07, 6.45) is 2.64. The number of nitrogens with one attached hydrogen (secondary N) is 1. The summed E-state index contributed by atoms with van der Waals surface area (Å²) in [6, 6.07) is 5.85. The van der Waals surface area contributed by atoms with Crippen molar-refractivity contribution in [3.8, 4) is 5.75 Å². The van der Waals surface area contributed by atoms with Gasteiger partial charge in [0.05, 0.1) is 6.42 Å². The van der Waals surface area contributed by atoms with Crippen LogP contribution in [0.2, 0.25) is 0 Å². The van der Waals surface area contributed by atoms with Crippen molar-refractivity contribution in [1.82, 2.24) is 5.32 Å². The molecule has 0 radical (unpaired) electrons. The van der Waals surface area contributed by atoms with Crippen LogP contribution >= 0.6 is 0 Å². The quantitative estimate of drug-likeness (QED) is 0.806. The standard InChI is InChI=1S/C15H18FNO4/c16-11-4-1-2-5-12(11)21-9-13(18)17-10-15(6-3-7-15)8-14(19)20/h1-2,4-5H,3,6-10H2,(H,17,18)(H,19,20). The van der Waals surface area contributed by atoms with Gasteiger partial charge < -0.3 is 15.2 Å². The van der Waals surface area contributed by atoms with Crippen molar-refractivity contribution in [2.45, 2.75) is 25.7 Å². The van der Waals surface area contributed by atoms with Crippen LogP contribution in [0.15, 0.2) is 24.3 Å². The molecule has 1 saturated carbocycles. The van der Waals surface area contributed by atoms with Crippen LogP contribution < -0.4 is 10.1 Å². The van der Waals surface area contributed by atoms with Gasteiger partial charge in [0.2, 0.25) is 0 Å². The lowest BCUT2D eigenvalue weighted by Gasteiger charge is -2.40. The van der Waals surface area contributed by atoms with Crippen LogP contribution in [0.1, 0.15) is 25.7 Å². The van der Waals surface area contributed by atoms with Crippen molar-refractivity contribution >= 4 is 11.9 Å². The molecule has 1 aliphatic carbocycles. The average molecular weight is 295 g/mol. The van der Waals surface area contributed by atoms with Crippen molar-refractivity contribution in [2.75, 3.05) is 13.2 Å². The molecule has 0 atom stereocenters. The van der Waals surface area contributed by atoms with E-state index >= 15 is 0 Å². The van der Waals surface area contributed by atoms with Crippen molar-refractivity contribution in [2.24, 2.45) is 5.41 Å². The lowest BCUT2D eigenvalue weighted by molar-refractivity contribution is -0.142. The number of benzene rings is 1. The fourth-order valence-corrected chi connectivity index (χ4v) is 2.46. The number of carbonyl (C=O) groups excluding carboxylic acids is 1. The fourth-order valence-electron chi connectivity index (χ4n) is 2.46. The van der Waals surface area contributed by atoms with E-state index in [-0.39, 0.29) is 30.1 Å². The molecule has 0 spiro atoms. The number of halogens is 1. The molecule has 114 valence electrons. The normalized spacial score (nSPS) is 15.9. The van der Waals surface area contributed by atoms with Crippen LogP contribution in [-0.2, 0) is 9.59 Å². The maximum atomic E-state index is 13.3. The third-order valence-corrected chi connectivity index (χ3v) is 3.80. The molecule has 1 aromatic carbocycles. The molecule has 6 heteroatoms. The number of para-hydroxylation sites is 1. The molecule has 5 nitrogen and oxygen atoms in total. The number of carboxylic acids is 1. The topological polar surface area (TPSA) is 75.6 Å². The first-order valence-electron chi connectivity index (χ1n) is 6.87. The van der Waals surface area contributed by atoms with Gasteiger partial charge in [0.25, 0.3) is 5.91 Å². The number of ether oxygens (including phenoxy) is 1. The third-order valence-electron chi connectivity index (χ3n) is 3.80. The molecule has 1 amide bonds. The number of hydrogen-bond donors (Lipinski definition) is 2. The monoisotopic (exact) mass is 295 g/mol. The summed E-state index contributed by atoms with van der Waals surface area (Å²) in [5.74, 6) is -1.73. The second-order valence-corrected chi connectivity index (χ2v) is 5.42. The fraction of sp³-hybridized carbons (Fsp3) is 0.467. The highest BCUT2D eigenvalue weighted by Crippen LogP contribution is 2.43. The zero-order valence-corrected chi connectivity index (χ0v) is 11.6. The predicted octanol–water partition coefficient (Wildman–Crippen LogP) is 1.97. The van der Waals surface area contributed by atoms with E-state index < -0.39 is 11.8 Å². The smallest absolute Gasteiger partial charge is 0.303 e. The molecule has 2 rings (SSSR count). The molecule has 1 aromatic rings. The van der Waals surface area contributed by atoms with Crippen molar-refractivity contribution in [3.05, 3.63) is 30.1 Å². The molecule has 2 N–H and O–H groups in total. The van der Waals surface area contributed by atoms with Gasteiger partial charge in [-0.25, -0.2) is 4.39 Å². The molecule has 0 aliphatic heterocycles. The summed E-state index contributed by atoms with van der Waals surface area (Å²) < 4.78 is 18.4. The van der Waals surface area contributed by atoms with Crippen molar-refractivity contribution in [1.29, 1.82) is 0 Å². The van der Waals surface area contributed by atoms with Crippen LogP contribution in [0.5, 0.6) is 5.75 Å². The number of amides is 1. The second kappa shape index (κ2) is 6.56. The minimum absolute atomic E-state index is 0.0246. The zero-order valence-electron chi connectivity index (χ0n) is 11.6. The molecule has 1 fully saturated rings. The van der Waals surface area contributed by atoms with E-state index in [1.807, 2.05) is 0 Å². The summed E-state index contributed by atoms with van der Waals surface area (Å²) in [4.78, 5) is 22.5. The first kappa shape index (κ1) is 15.3. The Kier molecular flexibility index (Phi) is 4.77. The molecule has 21 heavy (non-hydrogen) atoms. The Labute approximate surface area is 122 Å². The van der Waals surface area contributed by atoms with Gasteiger partial charge in [0, 0.05) is 6.54 Å². The maximum Gasteiger partial charge on any atom is 0.303 e. The van der Waals surface area contributed by atoms with E-state index in [1.54, 1.807) is 6.07 Å². The molecule has 0 aromatic heterocycles. The summed E-state index contributed by atoms with van der Waals surface area (Å²) >= 11 is 0. The lowest BCUT2D eigenvalue weighted by atomic mass is 9.66. The minimum atomic E-state index is -0.855. The van der Waals surface area contributed by atoms with Crippen LogP contribution in [0.25, 0.3) is 0 Å². The van der Waals surface area contributed by atoms with Gasteiger partial charge in [-0.1, -0.05) is 18.6 Å². The van der Waals surface area contributed by atoms with Crippen molar-refractivity contribution in [3.63, 3.8) is 0 Å². The van der Waals surface area contributed by atoms with E-state index in [2.05, 4.69) is 5.32 Å². The van der Waals surface area contributed by atoms with Gasteiger partial charge in [-0.2, -0.15) is 0 Å². The molecular formula is C15H18FNO4. The SMILES string of the molecule is O=C(O)CC1(CNC(=O)COc2ccccc2F)CCC1. The first-order valence-corrected chi connectivity index (χ1v) is 6.87. The molecule has 0 unspecified atom stereocenters. The van der Waals surface area contributed by atoms with Crippen molar-refractivity contribution < 1.29 is 23.8 Å². The Morgan fingerprint density at radius 2 is 2.05 bits per heavy atom. The van der Waals surface area contributed by atoms with Gasteiger partial charge in [0.1, 0.15) is 0 Å². The molecule has 1 aliphatic rings. The Morgan fingerprint density at radius 1 is 1.33 bits per heavy atom. The first-order chi connectivity index (χ1) is 10.0. The highest BCUT2D eigenvalue weighted by Gasteiger charge is 2.39. The van der Waals surface area contributed by atoms with E-state index in [0.29, 0.717) is 6.54 Å². The Bertz CT molecular complexity index is 528.